The molecular weight excluding hydrogens is 256 g/mol. The molecule has 0 saturated carbocycles. The van der Waals surface area contributed by atoms with E-state index in [1.165, 1.54) is 21.9 Å². The molecule has 21 heavy (non-hydrogen) atoms. The van der Waals surface area contributed by atoms with Gasteiger partial charge in [-0.3, -0.25) is 0 Å². The molecule has 0 aliphatic carbocycles. The summed E-state index contributed by atoms with van der Waals surface area (Å²) in [6.45, 7) is 0. The molecule has 0 radical (unpaired) electrons. The molecule has 0 amide bonds. The Hall–Kier alpha value is -2.87. The quantitative estimate of drug-likeness (QED) is 0.395. The molecule has 0 unspecified atom stereocenters. The van der Waals surface area contributed by atoms with Crippen LogP contribution in [-0.4, -0.2) is 4.98 Å². The second kappa shape index (κ2) is 3.83. The van der Waals surface area contributed by atoms with Gasteiger partial charge in [-0.15, -0.1) is 0 Å². The van der Waals surface area contributed by atoms with E-state index in [-0.39, 0.29) is 0 Å². The minimum Gasteiger partial charge on any atom is -0.354 e. The van der Waals surface area contributed by atoms with E-state index in [2.05, 4.69) is 66.0 Å². The van der Waals surface area contributed by atoms with Gasteiger partial charge in [-0.05, 0) is 24.3 Å². The highest BCUT2D eigenvalue weighted by molar-refractivity contribution is 6.18. The zero-order valence-corrected chi connectivity index (χ0v) is 11.3. The summed E-state index contributed by atoms with van der Waals surface area (Å²) in [7, 11) is 0. The minimum absolute atomic E-state index is 1.04. The van der Waals surface area contributed by atoms with Crippen LogP contribution >= 0.6 is 0 Å². The predicted octanol–water partition coefficient (Wildman–Crippen LogP) is 5.11. The Balaban J connectivity index is 2.11. The van der Waals surface area contributed by atoms with Crippen LogP contribution in [0.15, 0.2) is 66.7 Å². The summed E-state index contributed by atoms with van der Waals surface area (Å²) in [6.07, 6.45) is 0. The van der Waals surface area contributed by atoms with E-state index >= 15 is 0 Å². The Labute approximate surface area is 122 Å². The number of nitrogens with zero attached hydrogens (tertiary/aromatic N) is 1. The molecule has 0 spiro atoms. The van der Waals surface area contributed by atoms with Crippen molar-refractivity contribution in [3.63, 3.8) is 0 Å². The summed E-state index contributed by atoms with van der Waals surface area (Å²) < 4.78 is 0. The van der Waals surface area contributed by atoms with Gasteiger partial charge in [-0.1, -0.05) is 42.5 Å². The first-order valence-corrected chi connectivity index (χ1v) is 7.10. The number of rotatable bonds is 0. The van der Waals surface area contributed by atoms with Gasteiger partial charge in [0.25, 0.3) is 0 Å². The van der Waals surface area contributed by atoms with E-state index in [1.807, 2.05) is 6.07 Å². The first-order chi connectivity index (χ1) is 10.4. The number of hydrogen-bond acceptors (Lipinski definition) is 2. The minimum atomic E-state index is 1.04. The predicted molar refractivity (Wildman–Crippen MR) is 88.0 cm³/mol. The summed E-state index contributed by atoms with van der Waals surface area (Å²) in [6, 6.07) is 23.1. The molecule has 0 saturated heterocycles. The number of aromatic nitrogens is 1. The second-order valence-electron chi connectivity index (χ2n) is 5.37. The topological polar surface area (TPSA) is 24.9 Å². The Morgan fingerprint density at radius 1 is 0.667 bits per heavy atom. The third-order valence-corrected chi connectivity index (χ3v) is 4.17. The van der Waals surface area contributed by atoms with E-state index in [4.69, 9.17) is 4.98 Å². The van der Waals surface area contributed by atoms with Crippen LogP contribution in [0, 0.1) is 0 Å². The fourth-order valence-electron chi connectivity index (χ4n) is 3.28. The first-order valence-electron chi connectivity index (χ1n) is 7.10. The molecule has 4 aromatic rings. The maximum absolute atomic E-state index is 4.81. The average Bonchev–Trinajstić information content (AvgIpc) is 2.54. The molecule has 2 heteroatoms. The SMILES string of the molecule is c1ccc2c(c1)Nc1cccc3nc4ccccc4c-2c13. The fraction of sp³-hybridized carbons (Fsp3) is 0. The monoisotopic (exact) mass is 268 g/mol. The Bertz CT molecular complexity index is 1020. The summed E-state index contributed by atoms with van der Waals surface area (Å²) in [5.41, 5.74) is 6.94. The van der Waals surface area contributed by atoms with E-state index in [1.54, 1.807) is 0 Å². The standard InChI is InChI=1S/C19H12N2/c1-3-8-14-12(6-1)18-13-7-2-4-9-15(13)21-17-11-5-10-16(20-14)19(17)18/h1-11,20H. The molecule has 3 aromatic carbocycles. The highest BCUT2D eigenvalue weighted by Gasteiger charge is 2.20. The molecule has 1 aliphatic rings. The Morgan fingerprint density at radius 2 is 1.43 bits per heavy atom. The van der Waals surface area contributed by atoms with Gasteiger partial charge in [0.15, 0.2) is 0 Å². The molecule has 1 N–H and O–H groups in total. The molecule has 2 heterocycles. The van der Waals surface area contributed by atoms with Crippen LogP contribution in [0.2, 0.25) is 0 Å². The van der Waals surface area contributed by atoms with Gasteiger partial charge >= 0.3 is 0 Å². The van der Waals surface area contributed by atoms with Crippen LogP contribution in [0.5, 0.6) is 0 Å². The number of para-hydroxylation sites is 2. The Kier molecular flexibility index (Phi) is 1.98. The number of nitrogens with one attached hydrogen (secondary N) is 1. The maximum atomic E-state index is 4.81. The summed E-state index contributed by atoms with van der Waals surface area (Å²) in [5.74, 6) is 0. The maximum Gasteiger partial charge on any atom is 0.0736 e. The van der Waals surface area contributed by atoms with Gasteiger partial charge in [0.1, 0.15) is 0 Å². The van der Waals surface area contributed by atoms with Crippen molar-refractivity contribution < 1.29 is 0 Å². The van der Waals surface area contributed by atoms with Crippen LogP contribution < -0.4 is 5.32 Å². The number of anilines is 2. The summed E-state index contributed by atoms with van der Waals surface area (Å²) in [5, 5.41) is 5.96. The third-order valence-electron chi connectivity index (χ3n) is 4.17. The normalized spacial score (nSPS) is 12.2. The molecular formula is C19H12N2. The van der Waals surface area contributed by atoms with Gasteiger partial charge < -0.3 is 5.32 Å². The van der Waals surface area contributed by atoms with Gasteiger partial charge in [0.05, 0.1) is 11.0 Å². The van der Waals surface area contributed by atoms with Crippen LogP contribution in [0.3, 0.4) is 0 Å². The second-order valence-corrected chi connectivity index (χ2v) is 5.37. The van der Waals surface area contributed by atoms with Crippen molar-refractivity contribution in [1.29, 1.82) is 0 Å². The van der Waals surface area contributed by atoms with Crippen LogP contribution in [0.4, 0.5) is 11.4 Å². The zero-order valence-electron chi connectivity index (χ0n) is 11.3. The van der Waals surface area contributed by atoms with Crippen molar-refractivity contribution in [2.24, 2.45) is 0 Å². The molecule has 1 aliphatic heterocycles. The lowest BCUT2D eigenvalue weighted by molar-refractivity contribution is 1.47. The van der Waals surface area contributed by atoms with Crippen molar-refractivity contribution >= 4 is 33.2 Å². The van der Waals surface area contributed by atoms with Crippen molar-refractivity contribution in [1.82, 2.24) is 4.98 Å². The van der Waals surface area contributed by atoms with Gasteiger partial charge in [0.2, 0.25) is 0 Å². The van der Waals surface area contributed by atoms with Crippen molar-refractivity contribution in [3.05, 3.63) is 66.7 Å². The third kappa shape index (κ3) is 1.39. The first kappa shape index (κ1) is 10.9. The van der Waals surface area contributed by atoms with E-state index in [0.29, 0.717) is 0 Å². The Morgan fingerprint density at radius 3 is 2.43 bits per heavy atom. The van der Waals surface area contributed by atoms with Crippen molar-refractivity contribution in [2.75, 3.05) is 5.32 Å². The van der Waals surface area contributed by atoms with Crippen LogP contribution in [-0.2, 0) is 0 Å². The fourth-order valence-corrected chi connectivity index (χ4v) is 3.28. The van der Waals surface area contributed by atoms with Gasteiger partial charge in [0, 0.05) is 33.3 Å². The summed E-state index contributed by atoms with van der Waals surface area (Å²) >= 11 is 0. The van der Waals surface area contributed by atoms with Gasteiger partial charge in [-0.2, -0.15) is 0 Å². The van der Waals surface area contributed by atoms with Crippen molar-refractivity contribution in [2.45, 2.75) is 0 Å². The summed E-state index contributed by atoms with van der Waals surface area (Å²) in [4.78, 5) is 4.81. The van der Waals surface area contributed by atoms with Gasteiger partial charge in [-0.25, -0.2) is 4.98 Å². The molecule has 0 fully saturated rings. The van der Waals surface area contributed by atoms with Crippen LogP contribution in [0.1, 0.15) is 0 Å². The average molecular weight is 268 g/mol. The lowest BCUT2D eigenvalue weighted by Gasteiger charge is -2.23. The van der Waals surface area contributed by atoms with Crippen molar-refractivity contribution in [3.8, 4) is 11.1 Å². The highest BCUT2D eigenvalue weighted by atomic mass is 14.9. The molecule has 1 aromatic heterocycles. The number of benzene rings is 3. The molecule has 5 rings (SSSR count). The molecule has 0 bridgehead atoms. The molecule has 98 valence electrons. The largest absolute Gasteiger partial charge is 0.354 e. The van der Waals surface area contributed by atoms with Crippen LogP contribution in [0.25, 0.3) is 32.9 Å². The zero-order chi connectivity index (χ0) is 13.8. The molecule has 2 nitrogen and oxygen atoms in total. The smallest absolute Gasteiger partial charge is 0.0736 e. The number of pyridine rings is 1. The lowest BCUT2D eigenvalue weighted by Crippen LogP contribution is -2.02. The number of hydrogen-bond donors (Lipinski definition) is 1. The van der Waals surface area contributed by atoms with E-state index < -0.39 is 0 Å². The number of fused-ring (bicyclic) bond motifs is 4. The highest BCUT2D eigenvalue weighted by Crippen LogP contribution is 2.45. The van der Waals surface area contributed by atoms with E-state index in [9.17, 15) is 0 Å². The molecule has 0 atom stereocenters. The van der Waals surface area contributed by atoms with E-state index in [0.717, 1.165) is 22.4 Å². The lowest BCUT2D eigenvalue weighted by atomic mass is 9.91.